The maximum absolute atomic E-state index is 12.4. The van der Waals surface area contributed by atoms with Gasteiger partial charge < -0.3 is 9.73 Å². The summed E-state index contributed by atoms with van der Waals surface area (Å²) in [5, 5.41) is 11.1. The molecule has 0 aliphatic rings. The van der Waals surface area contributed by atoms with Gasteiger partial charge in [-0.15, -0.1) is 0 Å². The van der Waals surface area contributed by atoms with E-state index in [2.05, 4.69) is 31.4 Å². The van der Waals surface area contributed by atoms with Gasteiger partial charge in [0, 0.05) is 20.9 Å². The Morgan fingerprint density at radius 1 is 1.12 bits per heavy atom. The van der Waals surface area contributed by atoms with Crippen LogP contribution in [0.15, 0.2) is 62.3 Å². The Labute approximate surface area is 143 Å². The molecule has 0 atom stereocenters. The molecule has 4 aromatic rings. The summed E-state index contributed by atoms with van der Waals surface area (Å²) < 4.78 is 6.04. The number of halogens is 1. The van der Waals surface area contributed by atoms with Gasteiger partial charge in [-0.3, -0.25) is 9.89 Å². The first-order chi connectivity index (χ1) is 11.6. The van der Waals surface area contributed by atoms with Crippen LogP contribution in [0.4, 0.5) is 5.69 Å². The zero-order valence-corrected chi connectivity index (χ0v) is 13.8. The van der Waals surface area contributed by atoms with Gasteiger partial charge in [0.15, 0.2) is 0 Å². The van der Waals surface area contributed by atoms with Crippen molar-refractivity contribution < 1.29 is 9.21 Å². The number of hydrogen-bond acceptors (Lipinski definition) is 4. The van der Waals surface area contributed by atoms with Crippen molar-refractivity contribution in [2.75, 3.05) is 5.32 Å². The normalized spacial score (nSPS) is 11.0. The van der Waals surface area contributed by atoms with Crippen molar-refractivity contribution >= 4 is 49.4 Å². The number of benzene rings is 2. The van der Waals surface area contributed by atoms with Crippen molar-refractivity contribution in [2.24, 2.45) is 0 Å². The number of rotatable bonds is 2. The molecule has 0 spiro atoms. The first-order valence-corrected chi connectivity index (χ1v) is 7.87. The quantitative estimate of drug-likeness (QED) is 0.516. The van der Waals surface area contributed by atoms with Gasteiger partial charge in [-0.05, 0) is 42.5 Å². The molecule has 1 amide bonds. The fourth-order valence-corrected chi connectivity index (χ4v) is 2.84. The average molecular weight is 384 g/mol. The smallest absolute Gasteiger partial charge is 0.349 e. The van der Waals surface area contributed by atoms with Crippen LogP contribution in [0.25, 0.3) is 21.9 Å². The summed E-state index contributed by atoms with van der Waals surface area (Å²) in [6, 6.07) is 12.1. The van der Waals surface area contributed by atoms with E-state index >= 15 is 0 Å². The van der Waals surface area contributed by atoms with Crippen LogP contribution in [0.1, 0.15) is 10.4 Å². The number of hydrogen-bond donors (Lipinski definition) is 2. The highest BCUT2D eigenvalue weighted by Crippen LogP contribution is 2.20. The van der Waals surface area contributed by atoms with E-state index in [1.807, 2.05) is 6.07 Å². The summed E-state index contributed by atoms with van der Waals surface area (Å²) in [5.74, 6) is -0.524. The van der Waals surface area contributed by atoms with Crippen molar-refractivity contribution in [1.82, 2.24) is 10.2 Å². The van der Waals surface area contributed by atoms with E-state index in [-0.39, 0.29) is 5.56 Å². The number of aromatic nitrogens is 2. The zero-order chi connectivity index (χ0) is 16.7. The van der Waals surface area contributed by atoms with Gasteiger partial charge in [-0.25, -0.2) is 4.79 Å². The predicted octanol–water partition coefficient (Wildman–Crippen LogP) is 3.68. The maximum atomic E-state index is 12.4. The molecule has 7 heteroatoms. The number of H-pyrrole nitrogens is 1. The first-order valence-electron chi connectivity index (χ1n) is 7.08. The number of carbonyl (C=O) groups excluding carboxylic acids is 1. The molecule has 0 bridgehead atoms. The predicted molar refractivity (Wildman–Crippen MR) is 94.2 cm³/mol. The van der Waals surface area contributed by atoms with Crippen LogP contribution in [-0.4, -0.2) is 16.1 Å². The van der Waals surface area contributed by atoms with Gasteiger partial charge in [-0.1, -0.05) is 15.9 Å². The Morgan fingerprint density at radius 3 is 2.88 bits per heavy atom. The standard InChI is InChI=1S/C17H10BrN3O3/c18-11-2-4-15-10(5-11)6-13(17(23)24-15)16(22)20-12-3-1-9-8-19-21-14(9)7-12/h1-8H,(H,19,21)(H,20,22). The number of carbonyl (C=O) groups is 1. The summed E-state index contributed by atoms with van der Waals surface area (Å²) in [6.07, 6.45) is 1.69. The number of anilines is 1. The van der Waals surface area contributed by atoms with Crippen molar-refractivity contribution in [3.05, 3.63) is 69.1 Å². The Hall–Kier alpha value is -2.93. The molecule has 2 N–H and O–H groups in total. The highest BCUT2D eigenvalue weighted by molar-refractivity contribution is 9.10. The van der Waals surface area contributed by atoms with E-state index in [1.165, 1.54) is 6.07 Å². The highest BCUT2D eigenvalue weighted by atomic mass is 79.9. The summed E-state index contributed by atoms with van der Waals surface area (Å²) in [5.41, 5.74) is 1.06. The molecule has 2 aromatic heterocycles. The van der Waals surface area contributed by atoms with E-state index in [0.29, 0.717) is 16.7 Å². The molecule has 4 rings (SSSR count). The van der Waals surface area contributed by atoms with Crippen LogP contribution in [0.2, 0.25) is 0 Å². The number of aromatic amines is 1. The molecule has 6 nitrogen and oxygen atoms in total. The molecule has 0 unspecified atom stereocenters. The fraction of sp³-hybridized carbons (Fsp3) is 0. The monoisotopic (exact) mass is 383 g/mol. The van der Waals surface area contributed by atoms with Crippen LogP contribution >= 0.6 is 15.9 Å². The molecule has 0 aliphatic carbocycles. The lowest BCUT2D eigenvalue weighted by Crippen LogP contribution is -2.20. The molecular formula is C17H10BrN3O3. The summed E-state index contributed by atoms with van der Waals surface area (Å²) in [6.45, 7) is 0. The molecule has 118 valence electrons. The second-order valence-electron chi connectivity index (χ2n) is 5.26. The molecule has 0 saturated heterocycles. The van der Waals surface area contributed by atoms with Crippen molar-refractivity contribution in [1.29, 1.82) is 0 Å². The maximum Gasteiger partial charge on any atom is 0.349 e. The van der Waals surface area contributed by atoms with E-state index < -0.39 is 11.5 Å². The Bertz CT molecular complexity index is 1150. The molecule has 24 heavy (non-hydrogen) atoms. The SMILES string of the molecule is O=C(Nc1ccc2cn[nH]c2c1)c1cc2cc(Br)ccc2oc1=O. The minimum absolute atomic E-state index is 0.0506. The topological polar surface area (TPSA) is 88.0 Å². The second-order valence-corrected chi connectivity index (χ2v) is 6.17. The Balaban J connectivity index is 1.71. The van der Waals surface area contributed by atoms with E-state index in [0.717, 1.165) is 15.4 Å². The molecular weight excluding hydrogens is 374 g/mol. The van der Waals surface area contributed by atoms with Crippen molar-refractivity contribution in [3.8, 4) is 0 Å². The lowest BCUT2D eigenvalue weighted by Gasteiger charge is -2.05. The molecule has 0 aliphatic heterocycles. The van der Waals surface area contributed by atoms with Crippen LogP contribution in [-0.2, 0) is 0 Å². The van der Waals surface area contributed by atoms with Crippen LogP contribution < -0.4 is 10.9 Å². The summed E-state index contributed by atoms with van der Waals surface area (Å²) in [7, 11) is 0. The van der Waals surface area contributed by atoms with E-state index in [4.69, 9.17) is 4.42 Å². The molecule has 0 fully saturated rings. The van der Waals surface area contributed by atoms with Gasteiger partial charge in [0.1, 0.15) is 11.1 Å². The molecule has 0 radical (unpaired) electrons. The molecule has 0 saturated carbocycles. The second kappa shape index (κ2) is 5.61. The van der Waals surface area contributed by atoms with E-state index in [9.17, 15) is 9.59 Å². The average Bonchev–Trinajstić information content (AvgIpc) is 3.02. The lowest BCUT2D eigenvalue weighted by atomic mass is 10.1. The highest BCUT2D eigenvalue weighted by Gasteiger charge is 2.14. The van der Waals surface area contributed by atoms with Gasteiger partial charge in [-0.2, -0.15) is 5.10 Å². The van der Waals surface area contributed by atoms with Crippen molar-refractivity contribution in [2.45, 2.75) is 0 Å². The third-order valence-corrected chi connectivity index (χ3v) is 4.13. The number of amides is 1. The van der Waals surface area contributed by atoms with Gasteiger partial charge >= 0.3 is 5.63 Å². The zero-order valence-electron chi connectivity index (χ0n) is 12.2. The number of nitrogens with one attached hydrogen (secondary N) is 2. The number of nitrogens with zero attached hydrogens (tertiary/aromatic N) is 1. The Morgan fingerprint density at radius 2 is 2.00 bits per heavy atom. The largest absolute Gasteiger partial charge is 0.422 e. The summed E-state index contributed by atoms with van der Waals surface area (Å²) in [4.78, 5) is 24.5. The van der Waals surface area contributed by atoms with E-state index in [1.54, 1.807) is 36.5 Å². The van der Waals surface area contributed by atoms with Gasteiger partial charge in [0.05, 0.1) is 11.7 Å². The van der Waals surface area contributed by atoms with Crippen LogP contribution in [0.5, 0.6) is 0 Å². The number of fused-ring (bicyclic) bond motifs is 2. The summed E-state index contributed by atoms with van der Waals surface area (Å²) >= 11 is 3.36. The van der Waals surface area contributed by atoms with Crippen molar-refractivity contribution in [3.63, 3.8) is 0 Å². The third-order valence-electron chi connectivity index (χ3n) is 3.64. The van der Waals surface area contributed by atoms with Gasteiger partial charge in [0.25, 0.3) is 5.91 Å². The van der Waals surface area contributed by atoms with Crippen LogP contribution in [0, 0.1) is 0 Å². The molecule has 2 aromatic carbocycles. The third kappa shape index (κ3) is 2.59. The lowest BCUT2D eigenvalue weighted by molar-refractivity contribution is 0.102. The minimum Gasteiger partial charge on any atom is -0.422 e. The first kappa shape index (κ1) is 14.6. The van der Waals surface area contributed by atoms with Crippen LogP contribution in [0.3, 0.4) is 0 Å². The Kier molecular flexibility index (Phi) is 3.42. The van der Waals surface area contributed by atoms with Gasteiger partial charge in [0.2, 0.25) is 0 Å². The fourth-order valence-electron chi connectivity index (χ4n) is 2.47. The minimum atomic E-state index is -0.676. The molecule has 2 heterocycles.